The molecule has 3 amide bonds. The molecule has 0 aliphatic carbocycles. The van der Waals surface area contributed by atoms with Gasteiger partial charge in [0.2, 0.25) is 11.8 Å². The fourth-order valence-electron chi connectivity index (χ4n) is 2.79. The maximum absolute atomic E-state index is 12.7. The Kier molecular flexibility index (Phi) is 8.75. The number of carbonyl (C=O) groups excluding carboxylic acids is 4. The number of rotatable bonds is 9. The van der Waals surface area contributed by atoms with Crippen LogP contribution in [0.2, 0.25) is 0 Å². The van der Waals surface area contributed by atoms with Crippen LogP contribution in [0.25, 0.3) is 0 Å². The number of esters is 1. The first-order valence-corrected chi connectivity index (χ1v) is 9.89. The van der Waals surface area contributed by atoms with Gasteiger partial charge in [-0.25, -0.2) is 0 Å². The molecule has 8 nitrogen and oxygen atoms in total. The van der Waals surface area contributed by atoms with Gasteiger partial charge in [-0.1, -0.05) is 44.2 Å². The fraction of sp³-hybridized carbons (Fsp3) is 0.304. The molecule has 8 heteroatoms. The van der Waals surface area contributed by atoms with E-state index in [1.54, 1.807) is 12.1 Å². The third-order valence-electron chi connectivity index (χ3n) is 4.51. The van der Waals surface area contributed by atoms with E-state index < -0.39 is 17.9 Å². The van der Waals surface area contributed by atoms with E-state index in [-0.39, 0.29) is 30.7 Å². The van der Waals surface area contributed by atoms with E-state index in [1.165, 1.54) is 19.2 Å². The second-order valence-electron chi connectivity index (χ2n) is 7.28. The smallest absolute Gasteiger partial charge is 0.325 e. The summed E-state index contributed by atoms with van der Waals surface area (Å²) in [6.45, 7) is 3.47. The summed E-state index contributed by atoms with van der Waals surface area (Å²) in [6.07, 6.45) is 0.187. The fourth-order valence-corrected chi connectivity index (χ4v) is 2.79. The van der Waals surface area contributed by atoms with Crippen LogP contribution < -0.4 is 16.0 Å². The Balaban J connectivity index is 1.95. The summed E-state index contributed by atoms with van der Waals surface area (Å²) in [5.41, 5.74) is 1.68. The molecule has 0 spiro atoms. The Morgan fingerprint density at radius 1 is 0.935 bits per heavy atom. The van der Waals surface area contributed by atoms with Crippen LogP contribution in [0, 0.1) is 5.92 Å². The summed E-state index contributed by atoms with van der Waals surface area (Å²) in [6, 6.07) is 14.8. The first-order valence-electron chi connectivity index (χ1n) is 9.89. The van der Waals surface area contributed by atoms with Crippen molar-refractivity contribution in [3.05, 3.63) is 65.7 Å². The highest BCUT2D eigenvalue weighted by Gasteiger charge is 2.24. The second-order valence-corrected chi connectivity index (χ2v) is 7.28. The molecule has 0 heterocycles. The SMILES string of the molecule is COC(=O)CNC(=O)c1ccc(NC(=O)[C@@H](NC(=O)Cc2ccccc2)C(C)C)cc1. The van der Waals surface area contributed by atoms with Gasteiger partial charge in [0.15, 0.2) is 0 Å². The maximum Gasteiger partial charge on any atom is 0.325 e. The van der Waals surface area contributed by atoms with Crippen molar-refractivity contribution in [2.24, 2.45) is 5.92 Å². The number of carbonyl (C=O) groups is 4. The largest absolute Gasteiger partial charge is 0.468 e. The molecular formula is C23H27N3O5. The Morgan fingerprint density at radius 2 is 1.58 bits per heavy atom. The van der Waals surface area contributed by atoms with Crippen molar-refractivity contribution in [1.29, 1.82) is 0 Å². The van der Waals surface area contributed by atoms with Gasteiger partial charge in [-0.05, 0) is 35.7 Å². The minimum absolute atomic E-state index is 0.122. The molecule has 0 saturated heterocycles. The monoisotopic (exact) mass is 425 g/mol. The quantitative estimate of drug-likeness (QED) is 0.531. The summed E-state index contributed by atoms with van der Waals surface area (Å²) in [5, 5.41) is 7.98. The molecule has 0 aromatic heterocycles. The highest BCUT2D eigenvalue weighted by atomic mass is 16.5. The van der Waals surface area contributed by atoms with Crippen LogP contribution in [0.3, 0.4) is 0 Å². The minimum atomic E-state index is -0.709. The second kappa shape index (κ2) is 11.5. The summed E-state index contributed by atoms with van der Waals surface area (Å²) in [4.78, 5) is 48.2. The van der Waals surface area contributed by atoms with Gasteiger partial charge >= 0.3 is 5.97 Å². The van der Waals surface area contributed by atoms with Crippen molar-refractivity contribution in [3.8, 4) is 0 Å². The minimum Gasteiger partial charge on any atom is -0.468 e. The highest BCUT2D eigenvalue weighted by molar-refractivity contribution is 5.99. The first kappa shape index (κ1) is 23.6. The normalized spacial score (nSPS) is 11.4. The van der Waals surface area contributed by atoms with E-state index in [0.29, 0.717) is 11.3 Å². The summed E-state index contributed by atoms with van der Waals surface area (Å²) in [7, 11) is 1.24. The van der Waals surface area contributed by atoms with Gasteiger partial charge in [0.05, 0.1) is 13.5 Å². The van der Waals surface area contributed by atoms with E-state index in [0.717, 1.165) is 5.56 Å². The lowest BCUT2D eigenvalue weighted by atomic mass is 10.0. The zero-order valence-corrected chi connectivity index (χ0v) is 17.8. The number of benzene rings is 2. The lowest BCUT2D eigenvalue weighted by Gasteiger charge is -2.22. The predicted octanol–water partition coefficient (Wildman–Crippen LogP) is 1.91. The average Bonchev–Trinajstić information content (AvgIpc) is 2.76. The standard InChI is InChI=1S/C23H27N3O5/c1-15(2)21(26-19(27)13-16-7-5-4-6-8-16)23(30)25-18-11-9-17(10-12-18)22(29)24-14-20(28)31-3/h4-12,15,21H,13-14H2,1-3H3,(H,24,29)(H,25,30)(H,26,27)/t21-/m0/s1. The molecule has 1 atom stereocenters. The number of hydrogen-bond acceptors (Lipinski definition) is 5. The molecule has 0 fully saturated rings. The van der Waals surface area contributed by atoms with Crippen LogP contribution in [0.5, 0.6) is 0 Å². The van der Waals surface area contributed by atoms with E-state index in [2.05, 4.69) is 20.7 Å². The van der Waals surface area contributed by atoms with Crippen molar-refractivity contribution in [2.45, 2.75) is 26.3 Å². The van der Waals surface area contributed by atoms with Crippen LogP contribution >= 0.6 is 0 Å². The van der Waals surface area contributed by atoms with Crippen LogP contribution in [0.15, 0.2) is 54.6 Å². The molecule has 0 unspecified atom stereocenters. The molecule has 164 valence electrons. The number of amides is 3. The van der Waals surface area contributed by atoms with Crippen LogP contribution in [-0.4, -0.2) is 43.4 Å². The highest BCUT2D eigenvalue weighted by Crippen LogP contribution is 2.12. The molecular weight excluding hydrogens is 398 g/mol. The molecule has 0 aliphatic heterocycles. The van der Waals surface area contributed by atoms with Gasteiger partial charge < -0.3 is 20.7 Å². The number of ether oxygens (including phenoxy) is 1. The zero-order valence-electron chi connectivity index (χ0n) is 17.8. The van der Waals surface area contributed by atoms with E-state index in [9.17, 15) is 19.2 Å². The van der Waals surface area contributed by atoms with Crippen molar-refractivity contribution >= 4 is 29.4 Å². The van der Waals surface area contributed by atoms with E-state index in [1.807, 2.05) is 44.2 Å². The molecule has 0 bridgehead atoms. The lowest BCUT2D eigenvalue weighted by molar-refractivity contribution is -0.139. The van der Waals surface area contributed by atoms with Gasteiger partial charge in [0.1, 0.15) is 12.6 Å². The number of nitrogens with one attached hydrogen (secondary N) is 3. The topological polar surface area (TPSA) is 114 Å². The lowest BCUT2D eigenvalue weighted by Crippen LogP contribution is -2.47. The molecule has 3 N–H and O–H groups in total. The summed E-state index contributed by atoms with van der Waals surface area (Å²) < 4.78 is 4.47. The molecule has 0 saturated carbocycles. The number of hydrogen-bond donors (Lipinski definition) is 3. The van der Waals surface area contributed by atoms with Crippen molar-refractivity contribution in [1.82, 2.24) is 10.6 Å². The first-order chi connectivity index (χ1) is 14.8. The average molecular weight is 425 g/mol. The maximum atomic E-state index is 12.7. The Morgan fingerprint density at radius 3 is 2.16 bits per heavy atom. The Labute approximate surface area is 181 Å². The van der Waals surface area contributed by atoms with Crippen LogP contribution in [0.1, 0.15) is 29.8 Å². The van der Waals surface area contributed by atoms with E-state index >= 15 is 0 Å². The van der Waals surface area contributed by atoms with Crippen LogP contribution in [0.4, 0.5) is 5.69 Å². The van der Waals surface area contributed by atoms with Gasteiger partial charge in [-0.15, -0.1) is 0 Å². The Hall–Kier alpha value is -3.68. The van der Waals surface area contributed by atoms with Gasteiger partial charge in [0.25, 0.3) is 5.91 Å². The van der Waals surface area contributed by atoms with Crippen molar-refractivity contribution in [2.75, 3.05) is 19.0 Å². The Bertz CT molecular complexity index is 911. The zero-order chi connectivity index (χ0) is 22.8. The van der Waals surface area contributed by atoms with Gasteiger partial charge in [-0.2, -0.15) is 0 Å². The molecule has 0 aliphatic rings. The van der Waals surface area contributed by atoms with Gasteiger partial charge in [0, 0.05) is 11.3 Å². The van der Waals surface area contributed by atoms with Crippen molar-refractivity contribution < 1.29 is 23.9 Å². The third kappa shape index (κ3) is 7.58. The summed E-state index contributed by atoms with van der Waals surface area (Å²) >= 11 is 0. The molecule has 0 radical (unpaired) electrons. The van der Waals surface area contributed by atoms with Crippen molar-refractivity contribution in [3.63, 3.8) is 0 Å². The molecule has 31 heavy (non-hydrogen) atoms. The third-order valence-corrected chi connectivity index (χ3v) is 4.51. The number of methoxy groups -OCH3 is 1. The molecule has 2 aromatic carbocycles. The van der Waals surface area contributed by atoms with Gasteiger partial charge in [-0.3, -0.25) is 19.2 Å². The number of anilines is 1. The summed E-state index contributed by atoms with van der Waals surface area (Å²) in [5.74, 6) is -1.69. The van der Waals surface area contributed by atoms with Crippen LogP contribution in [-0.2, 0) is 25.5 Å². The molecule has 2 rings (SSSR count). The molecule has 2 aromatic rings. The van der Waals surface area contributed by atoms with E-state index in [4.69, 9.17) is 0 Å². The predicted molar refractivity (Wildman–Crippen MR) is 116 cm³/mol.